The van der Waals surface area contributed by atoms with E-state index in [9.17, 15) is 9.90 Å². The van der Waals surface area contributed by atoms with Crippen LogP contribution in [0.2, 0.25) is 5.02 Å². The molecule has 0 bridgehead atoms. The van der Waals surface area contributed by atoms with Crippen molar-refractivity contribution in [2.75, 3.05) is 6.61 Å². The molecule has 0 saturated heterocycles. The molecule has 0 aliphatic heterocycles. The van der Waals surface area contributed by atoms with E-state index in [-0.39, 0.29) is 13.0 Å². The van der Waals surface area contributed by atoms with Gasteiger partial charge in [-0.1, -0.05) is 54.1 Å². The molecule has 0 spiro atoms. The lowest BCUT2D eigenvalue weighted by Crippen LogP contribution is -2.53. The van der Waals surface area contributed by atoms with Gasteiger partial charge in [-0.15, -0.1) is 0 Å². The highest BCUT2D eigenvalue weighted by atomic mass is 35.5. The van der Waals surface area contributed by atoms with E-state index in [0.29, 0.717) is 34.9 Å². The lowest BCUT2D eigenvalue weighted by atomic mass is 9.78. The topological polar surface area (TPSA) is 55.8 Å². The van der Waals surface area contributed by atoms with Crippen LogP contribution in [0.1, 0.15) is 30.9 Å². The zero-order valence-corrected chi connectivity index (χ0v) is 19.1. The van der Waals surface area contributed by atoms with E-state index < -0.39 is 23.2 Å². The fraction of sp³-hybridized carbons (Fsp3) is 0.296. The Bertz CT molecular complexity index is 1100. The van der Waals surface area contributed by atoms with E-state index in [2.05, 4.69) is 0 Å². The summed E-state index contributed by atoms with van der Waals surface area (Å²) in [4.78, 5) is 12.8. The van der Waals surface area contributed by atoms with Gasteiger partial charge in [0, 0.05) is 16.9 Å². The van der Waals surface area contributed by atoms with Crippen molar-refractivity contribution in [1.82, 2.24) is 0 Å². The fourth-order valence-corrected chi connectivity index (χ4v) is 4.37. The number of hydrogen-bond donors (Lipinski definition) is 1. The minimum absolute atomic E-state index is 0.0162. The number of esters is 1. The zero-order chi connectivity index (χ0) is 23.5. The molecule has 33 heavy (non-hydrogen) atoms. The van der Waals surface area contributed by atoms with Gasteiger partial charge in [0.05, 0.1) is 6.61 Å². The van der Waals surface area contributed by atoms with Crippen molar-refractivity contribution < 1.29 is 23.8 Å². The largest absolute Gasteiger partial charge is 0.464 e. The van der Waals surface area contributed by atoms with Crippen LogP contribution in [-0.2, 0) is 21.4 Å². The van der Waals surface area contributed by atoms with Crippen LogP contribution >= 0.6 is 11.6 Å². The maximum Gasteiger partial charge on any atom is 0.347 e. The summed E-state index contributed by atoms with van der Waals surface area (Å²) in [5.41, 5.74) is -2.21. The van der Waals surface area contributed by atoms with E-state index >= 15 is 4.39 Å². The number of aliphatic hydroxyl groups excluding tert-OH is 1. The predicted molar refractivity (Wildman–Crippen MR) is 126 cm³/mol. The van der Waals surface area contributed by atoms with Crippen molar-refractivity contribution in [3.8, 4) is 11.5 Å². The van der Waals surface area contributed by atoms with Crippen LogP contribution in [-0.4, -0.2) is 29.5 Å². The lowest BCUT2D eigenvalue weighted by molar-refractivity contribution is -0.168. The Kier molecular flexibility index (Phi) is 6.73. The van der Waals surface area contributed by atoms with E-state index in [4.69, 9.17) is 21.1 Å². The van der Waals surface area contributed by atoms with Crippen LogP contribution in [0.4, 0.5) is 4.39 Å². The van der Waals surface area contributed by atoms with Gasteiger partial charge in [0.2, 0.25) is 5.67 Å². The summed E-state index contributed by atoms with van der Waals surface area (Å²) in [6.45, 7) is 1.63. The Morgan fingerprint density at radius 2 is 1.73 bits per heavy atom. The van der Waals surface area contributed by atoms with E-state index in [1.54, 1.807) is 55.5 Å². The summed E-state index contributed by atoms with van der Waals surface area (Å²) in [7, 11) is 0. The van der Waals surface area contributed by atoms with E-state index in [1.807, 2.05) is 30.3 Å². The first-order valence-corrected chi connectivity index (χ1v) is 11.4. The van der Waals surface area contributed by atoms with Crippen LogP contribution in [0.3, 0.4) is 0 Å². The molecule has 1 saturated carbocycles. The molecule has 0 radical (unpaired) electrons. The molecule has 4 rings (SSSR count). The molecule has 1 fully saturated rings. The molecule has 1 N–H and O–H groups in total. The number of para-hydroxylation sites is 1. The summed E-state index contributed by atoms with van der Waals surface area (Å²) >= 11 is 6.00. The Morgan fingerprint density at radius 1 is 1.06 bits per heavy atom. The van der Waals surface area contributed by atoms with Crippen LogP contribution in [0.5, 0.6) is 11.5 Å². The van der Waals surface area contributed by atoms with Gasteiger partial charge in [-0.25, -0.2) is 9.18 Å². The number of rotatable bonds is 9. The third-order valence-electron chi connectivity index (χ3n) is 6.12. The first kappa shape index (κ1) is 23.3. The Balaban J connectivity index is 1.63. The molecule has 0 heterocycles. The maximum atomic E-state index is 16.5. The Morgan fingerprint density at radius 3 is 2.36 bits per heavy atom. The predicted octanol–water partition coefficient (Wildman–Crippen LogP) is 6.04. The molecular formula is C27H26ClFO4. The highest BCUT2D eigenvalue weighted by Crippen LogP contribution is 2.55. The van der Waals surface area contributed by atoms with Crippen LogP contribution in [0.15, 0.2) is 78.9 Å². The fourth-order valence-electron chi connectivity index (χ4n) is 4.25. The van der Waals surface area contributed by atoms with Crippen molar-refractivity contribution in [3.63, 3.8) is 0 Å². The third kappa shape index (κ3) is 4.90. The molecule has 3 aromatic rings. The lowest BCUT2D eigenvalue weighted by Gasteiger charge is -2.34. The number of carbonyl (C=O) groups excluding carboxylic acids is 1. The van der Waals surface area contributed by atoms with Gasteiger partial charge < -0.3 is 14.6 Å². The van der Waals surface area contributed by atoms with Crippen LogP contribution in [0.25, 0.3) is 0 Å². The standard InChI is InChI=1S/C27H26ClFO4/c1-2-32-25(31)27(29,24(30)26(15-16-26)20-11-13-21(28)14-12-20)18-19-7-6-10-23(17-19)33-22-8-4-3-5-9-22/h3-14,17,24,30H,2,15-16,18H2,1H3/t24-,27+/m1/s1. The van der Waals surface area contributed by atoms with Gasteiger partial charge in [-0.2, -0.15) is 0 Å². The first-order chi connectivity index (χ1) is 15.9. The highest BCUT2D eigenvalue weighted by molar-refractivity contribution is 6.30. The molecule has 172 valence electrons. The van der Waals surface area contributed by atoms with Gasteiger partial charge in [-0.05, 0) is 67.3 Å². The Hall–Kier alpha value is -2.89. The van der Waals surface area contributed by atoms with Gasteiger partial charge in [-0.3, -0.25) is 0 Å². The smallest absolute Gasteiger partial charge is 0.347 e. The van der Waals surface area contributed by atoms with E-state index in [1.165, 1.54) is 0 Å². The molecule has 3 aromatic carbocycles. The maximum absolute atomic E-state index is 16.5. The molecule has 1 aliphatic carbocycles. The molecule has 0 unspecified atom stereocenters. The second kappa shape index (κ2) is 9.54. The van der Waals surface area contributed by atoms with Gasteiger partial charge in [0.15, 0.2) is 0 Å². The minimum atomic E-state index is -2.63. The summed E-state index contributed by atoms with van der Waals surface area (Å²) in [6.07, 6.45) is -0.784. The molecular weight excluding hydrogens is 443 g/mol. The van der Waals surface area contributed by atoms with Crippen molar-refractivity contribution in [2.24, 2.45) is 0 Å². The van der Waals surface area contributed by atoms with E-state index in [0.717, 1.165) is 5.56 Å². The van der Waals surface area contributed by atoms with Gasteiger partial charge >= 0.3 is 5.97 Å². The number of alkyl halides is 1. The van der Waals surface area contributed by atoms with Crippen LogP contribution in [0, 0.1) is 0 Å². The summed E-state index contributed by atoms with van der Waals surface area (Å²) in [5, 5.41) is 11.9. The summed E-state index contributed by atoms with van der Waals surface area (Å²) < 4.78 is 27.4. The molecule has 0 amide bonds. The molecule has 1 aliphatic rings. The molecule has 2 atom stereocenters. The zero-order valence-electron chi connectivity index (χ0n) is 18.3. The van der Waals surface area contributed by atoms with Crippen LogP contribution < -0.4 is 4.74 Å². The van der Waals surface area contributed by atoms with Crippen molar-refractivity contribution in [3.05, 3.63) is 95.0 Å². The average molecular weight is 469 g/mol. The van der Waals surface area contributed by atoms with Gasteiger partial charge in [0.25, 0.3) is 0 Å². The van der Waals surface area contributed by atoms with Crippen molar-refractivity contribution in [2.45, 2.75) is 43.4 Å². The van der Waals surface area contributed by atoms with Crippen molar-refractivity contribution >= 4 is 17.6 Å². The minimum Gasteiger partial charge on any atom is -0.464 e. The monoisotopic (exact) mass is 468 g/mol. The number of benzene rings is 3. The van der Waals surface area contributed by atoms with Gasteiger partial charge in [0.1, 0.15) is 17.6 Å². The second-order valence-electron chi connectivity index (χ2n) is 8.39. The normalized spacial score (nSPS) is 17.0. The molecule has 0 aromatic heterocycles. The van der Waals surface area contributed by atoms with Crippen molar-refractivity contribution in [1.29, 1.82) is 0 Å². The third-order valence-corrected chi connectivity index (χ3v) is 6.37. The molecule has 6 heteroatoms. The molecule has 4 nitrogen and oxygen atoms in total. The summed E-state index contributed by atoms with van der Waals surface area (Å²) in [5.74, 6) is 0.0941. The number of carbonyl (C=O) groups is 1. The first-order valence-electron chi connectivity index (χ1n) is 11.0. The number of hydrogen-bond acceptors (Lipinski definition) is 4. The Labute approximate surface area is 197 Å². The second-order valence-corrected chi connectivity index (χ2v) is 8.82. The number of halogens is 2. The number of ether oxygens (including phenoxy) is 2. The summed E-state index contributed by atoms with van der Waals surface area (Å²) in [6, 6.07) is 23.1. The quantitative estimate of drug-likeness (QED) is 0.389. The number of aliphatic hydroxyl groups is 1. The highest BCUT2D eigenvalue weighted by Gasteiger charge is 2.62. The average Bonchev–Trinajstić information content (AvgIpc) is 3.62. The SMILES string of the molecule is CCOC(=O)[C@](F)(Cc1cccc(Oc2ccccc2)c1)[C@H](O)C1(c2ccc(Cl)cc2)CC1.